The number of rotatable bonds is 5. The molecule has 3 rings (SSSR count). The molecule has 2 N–H and O–H groups in total. The minimum absolute atomic E-state index is 0.0109. The Hall–Kier alpha value is -1.88. The topological polar surface area (TPSA) is 66.6 Å². The quantitative estimate of drug-likeness (QED) is 0.865. The summed E-state index contributed by atoms with van der Waals surface area (Å²) >= 11 is 0. The molecule has 2 amide bonds. The van der Waals surface area contributed by atoms with Crippen molar-refractivity contribution in [2.45, 2.75) is 65.1 Å². The summed E-state index contributed by atoms with van der Waals surface area (Å²) in [4.78, 5) is 29.7. The number of carbonyl (C=O) groups excluding carboxylic acids is 2. The minimum atomic E-state index is -0.495. The number of hydrogen-bond donors (Lipinski definition) is 1. The van der Waals surface area contributed by atoms with Crippen LogP contribution in [0.5, 0.6) is 0 Å². The molecule has 1 aromatic rings. The van der Waals surface area contributed by atoms with Gasteiger partial charge in [0.2, 0.25) is 11.8 Å². The Labute approximate surface area is 162 Å². The van der Waals surface area contributed by atoms with Gasteiger partial charge in [0.15, 0.2) is 0 Å². The molecule has 1 heterocycles. The summed E-state index contributed by atoms with van der Waals surface area (Å²) in [6.45, 7) is 7.92. The monoisotopic (exact) mass is 371 g/mol. The third kappa shape index (κ3) is 4.89. The van der Waals surface area contributed by atoms with Crippen LogP contribution in [-0.4, -0.2) is 46.8 Å². The number of likely N-dealkylation sites (tertiary alicyclic amines) is 1. The molecule has 1 aliphatic carbocycles. The lowest BCUT2D eigenvalue weighted by Crippen LogP contribution is -2.53. The van der Waals surface area contributed by atoms with Crippen molar-refractivity contribution in [2.75, 3.05) is 13.1 Å². The molecule has 148 valence electrons. The maximum atomic E-state index is 13.2. The van der Waals surface area contributed by atoms with Crippen LogP contribution in [0.3, 0.4) is 0 Å². The van der Waals surface area contributed by atoms with E-state index in [1.54, 1.807) is 0 Å². The van der Waals surface area contributed by atoms with Crippen LogP contribution in [0, 0.1) is 11.3 Å². The fourth-order valence-corrected chi connectivity index (χ4v) is 3.70. The second kappa shape index (κ2) is 8.01. The van der Waals surface area contributed by atoms with E-state index < -0.39 is 6.04 Å². The summed E-state index contributed by atoms with van der Waals surface area (Å²) in [5.74, 6) is 0.287. The summed E-state index contributed by atoms with van der Waals surface area (Å²) in [5, 5.41) is 0. The molecule has 0 bridgehead atoms. The zero-order valence-corrected chi connectivity index (χ0v) is 16.9. The molecule has 1 aliphatic heterocycles. The van der Waals surface area contributed by atoms with Gasteiger partial charge in [-0.05, 0) is 36.7 Å². The van der Waals surface area contributed by atoms with E-state index in [0.717, 1.165) is 25.7 Å². The lowest BCUT2D eigenvalue weighted by atomic mass is 9.85. The van der Waals surface area contributed by atoms with Gasteiger partial charge in [-0.15, -0.1) is 0 Å². The molecule has 5 heteroatoms. The van der Waals surface area contributed by atoms with Gasteiger partial charge in [0, 0.05) is 31.6 Å². The summed E-state index contributed by atoms with van der Waals surface area (Å²) in [7, 11) is 0. The highest BCUT2D eigenvalue weighted by atomic mass is 16.2. The molecule has 0 radical (unpaired) electrons. The van der Waals surface area contributed by atoms with E-state index in [4.69, 9.17) is 5.73 Å². The normalized spacial score (nSPS) is 19.6. The number of amides is 2. The third-order valence-corrected chi connectivity index (χ3v) is 5.82. The molecule has 1 saturated heterocycles. The van der Waals surface area contributed by atoms with Crippen molar-refractivity contribution in [1.82, 2.24) is 9.80 Å². The molecule has 1 atom stereocenters. The first kappa shape index (κ1) is 19.9. The minimum Gasteiger partial charge on any atom is -0.341 e. The predicted octanol–water partition coefficient (Wildman–Crippen LogP) is 2.79. The molecule has 2 fully saturated rings. The second-order valence-electron chi connectivity index (χ2n) is 9.13. The number of piperidine rings is 1. The van der Waals surface area contributed by atoms with Gasteiger partial charge in [0.1, 0.15) is 0 Å². The average Bonchev–Trinajstić information content (AvgIpc) is 3.49. The van der Waals surface area contributed by atoms with Crippen molar-refractivity contribution in [3.8, 4) is 0 Å². The van der Waals surface area contributed by atoms with Crippen LogP contribution in [0.4, 0.5) is 0 Å². The van der Waals surface area contributed by atoms with Crippen molar-refractivity contribution in [3.63, 3.8) is 0 Å². The number of carbonyl (C=O) groups is 2. The molecule has 0 unspecified atom stereocenters. The molecular weight excluding hydrogens is 338 g/mol. The Kier molecular flexibility index (Phi) is 5.89. The maximum Gasteiger partial charge on any atom is 0.240 e. The van der Waals surface area contributed by atoms with Crippen molar-refractivity contribution in [2.24, 2.45) is 17.1 Å². The molecule has 27 heavy (non-hydrogen) atoms. The van der Waals surface area contributed by atoms with Gasteiger partial charge in [0.05, 0.1) is 6.04 Å². The fraction of sp³-hybridized carbons (Fsp3) is 0.636. The number of nitrogens with zero attached hydrogens (tertiary/aromatic N) is 2. The molecule has 0 spiro atoms. The van der Waals surface area contributed by atoms with Gasteiger partial charge < -0.3 is 15.5 Å². The van der Waals surface area contributed by atoms with Gasteiger partial charge in [0.25, 0.3) is 0 Å². The standard InChI is InChI=1S/C22H33N3O2/c1-22(2,3)19(23)21(27)24-13-11-17(12-14-24)20(26)25(18-9-10-18)15-16-7-5-4-6-8-16/h4-8,17-19H,9-15,23H2,1-3H3/t19-/m1/s1. The Morgan fingerprint density at radius 3 is 2.22 bits per heavy atom. The van der Waals surface area contributed by atoms with Gasteiger partial charge >= 0.3 is 0 Å². The lowest BCUT2D eigenvalue weighted by molar-refractivity contribution is -0.143. The van der Waals surface area contributed by atoms with Crippen molar-refractivity contribution < 1.29 is 9.59 Å². The van der Waals surface area contributed by atoms with E-state index in [0.29, 0.717) is 25.7 Å². The van der Waals surface area contributed by atoms with E-state index in [9.17, 15) is 9.59 Å². The number of nitrogens with two attached hydrogens (primary N) is 1. The summed E-state index contributed by atoms with van der Waals surface area (Å²) in [6.07, 6.45) is 3.69. The second-order valence-corrected chi connectivity index (χ2v) is 9.13. The van der Waals surface area contributed by atoms with Gasteiger partial charge in [-0.25, -0.2) is 0 Å². The van der Waals surface area contributed by atoms with Crippen molar-refractivity contribution >= 4 is 11.8 Å². The summed E-state index contributed by atoms with van der Waals surface area (Å²) in [6, 6.07) is 10.1. The molecule has 5 nitrogen and oxygen atoms in total. The fourth-order valence-electron chi connectivity index (χ4n) is 3.70. The smallest absolute Gasteiger partial charge is 0.240 e. The Morgan fingerprint density at radius 2 is 1.70 bits per heavy atom. The maximum absolute atomic E-state index is 13.2. The average molecular weight is 372 g/mol. The molecule has 2 aliphatic rings. The molecule has 1 saturated carbocycles. The van der Waals surface area contributed by atoms with E-state index in [2.05, 4.69) is 17.0 Å². The first-order valence-electron chi connectivity index (χ1n) is 10.2. The highest BCUT2D eigenvalue weighted by Crippen LogP contribution is 2.32. The van der Waals surface area contributed by atoms with E-state index in [-0.39, 0.29) is 23.1 Å². The SMILES string of the molecule is CC(C)(C)[C@H](N)C(=O)N1CCC(C(=O)N(Cc2ccccc2)C2CC2)CC1. The Morgan fingerprint density at radius 1 is 1.11 bits per heavy atom. The zero-order chi connectivity index (χ0) is 19.6. The predicted molar refractivity (Wildman–Crippen MR) is 107 cm³/mol. The summed E-state index contributed by atoms with van der Waals surface area (Å²) < 4.78 is 0. The van der Waals surface area contributed by atoms with Gasteiger partial charge in [-0.2, -0.15) is 0 Å². The van der Waals surface area contributed by atoms with E-state index in [1.165, 1.54) is 5.56 Å². The number of hydrogen-bond acceptors (Lipinski definition) is 3. The van der Waals surface area contributed by atoms with Crippen LogP contribution in [0.1, 0.15) is 52.0 Å². The third-order valence-electron chi connectivity index (χ3n) is 5.82. The van der Waals surface area contributed by atoms with Gasteiger partial charge in [-0.1, -0.05) is 51.1 Å². The first-order valence-corrected chi connectivity index (χ1v) is 10.2. The van der Waals surface area contributed by atoms with Crippen LogP contribution in [0.15, 0.2) is 30.3 Å². The van der Waals surface area contributed by atoms with Crippen molar-refractivity contribution in [1.29, 1.82) is 0 Å². The van der Waals surface area contributed by atoms with Gasteiger partial charge in [-0.3, -0.25) is 9.59 Å². The van der Waals surface area contributed by atoms with E-state index in [1.807, 2.05) is 43.9 Å². The summed E-state index contributed by atoms with van der Waals surface area (Å²) in [5.41, 5.74) is 7.07. The van der Waals surface area contributed by atoms with Crippen molar-refractivity contribution in [3.05, 3.63) is 35.9 Å². The molecule has 0 aromatic heterocycles. The van der Waals surface area contributed by atoms with Crippen LogP contribution < -0.4 is 5.73 Å². The Bertz CT molecular complexity index is 656. The first-order chi connectivity index (χ1) is 12.8. The largest absolute Gasteiger partial charge is 0.341 e. The Balaban J connectivity index is 1.58. The lowest BCUT2D eigenvalue weighted by Gasteiger charge is -2.37. The van der Waals surface area contributed by atoms with Crippen LogP contribution >= 0.6 is 0 Å². The highest BCUT2D eigenvalue weighted by molar-refractivity contribution is 5.83. The molecular formula is C22H33N3O2. The number of benzene rings is 1. The van der Waals surface area contributed by atoms with Crippen LogP contribution in [0.2, 0.25) is 0 Å². The highest BCUT2D eigenvalue weighted by Gasteiger charge is 2.38. The van der Waals surface area contributed by atoms with Crippen LogP contribution in [0.25, 0.3) is 0 Å². The van der Waals surface area contributed by atoms with E-state index >= 15 is 0 Å². The molecule has 1 aromatic carbocycles. The zero-order valence-electron chi connectivity index (χ0n) is 16.9. The van der Waals surface area contributed by atoms with Crippen LogP contribution in [-0.2, 0) is 16.1 Å².